The fourth-order valence-corrected chi connectivity index (χ4v) is 2.44. The molecule has 0 radical (unpaired) electrons. The van der Waals surface area contributed by atoms with Crippen LogP contribution < -0.4 is 0 Å². The molecule has 0 heterocycles. The molecule has 3 nitrogen and oxygen atoms in total. The summed E-state index contributed by atoms with van der Waals surface area (Å²) in [5.41, 5.74) is 1.29. The van der Waals surface area contributed by atoms with E-state index in [1.807, 2.05) is 42.5 Å². The summed E-state index contributed by atoms with van der Waals surface area (Å²) >= 11 is 0. The predicted octanol–water partition coefficient (Wildman–Crippen LogP) is 4.57. The second kappa shape index (κ2) is 7.06. The van der Waals surface area contributed by atoms with Crippen molar-refractivity contribution in [2.45, 2.75) is 6.54 Å². The van der Waals surface area contributed by atoms with Crippen molar-refractivity contribution in [1.82, 2.24) is 5.06 Å². The van der Waals surface area contributed by atoms with E-state index in [0.29, 0.717) is 5.56 Å². The Morgan fingerprint density at radius 2 is 1.71 bits per heavy atom. The van der Waals surface area contributed by atoms with Crippen molar-refractivity contribution >= 4 is 16.6 Å². The number of carbonyl (C=O) groups is 1. The third-order valence-corrected chi connectivity index (χ3v) is 3.69. The van der Waals surface area contributed by atoms with E-state index in [1.54, 1.807) is 0 Å². The lowest BCUT2D eigenvalue weighted by Crippen LogP contribution is -2.11. The number of carbonyl (C=O) groups excluding carboxylic acids is 1. The first-order chi connectivity index (χ1) is 11.6. The molecule has 0 amide bonds. The third kappa shape index (κ3) is 3.86. The molecule has 4 heteroatoms. The zero-order valence-corrected chi connectivity index (χ0v) is 12.9. The van der Waals surface area contributed by atoms with E-state index in [4.69, 9.17) is 0 Å². The second-order valence-corrected chi connectivity index (χ2v) is 5.47. The molecule has 0 unspecified atom stereocenters. The van der Waals surface area contributed by atoms with Crippen LogP contribution in [0.25, 0.3) is 10.8 Å². The number of nitrogens with zero attached hydrogens (tertiary/aromatic N) is 1. The monoisotopic (exact) mass is 321 g/mol. The number of hydrogen-bond donors (Lipinski definition) is 1. The van der Waals surface area contributed by atoms with Gasteiger partial charge in [0.05, 0.1) is 6.54 Å². The summed E-state index contributed by atoms with van der Waals surface area (Å²) in [6, 6.07) is 19.2. The van der Waals surface area contributed by atoms with Crippen molar-refractivity contribution in [1.29, 1.82) is 0 Å². The molecule has 0 aliphatic rings. The lowest BCUT2D eigenvalue weighted by molar-refractivity contribution is -0.0491. The van der Waals surface area contributed by atoms with E-state index >= 15 is 0 Å². The highest BCUT2D eigenvalue weighted by atomic mass is 19.1. The average molecular weight is 321 g/mol. The fourth-order valence-electron chi connectivity index (χ4n) is 2.44. The highest BCUT2D eigenvalue weighted by Crippen LogP contribution is 2.16. The first-order valence-corrected chi connectivity index (χ1v) is 7.53. The summed E-state index contributed by atoms with van der Waals surface area (Å²) in [5, 5.41) is 13.1. The zero-order valence-electron chi connectivity index (χ0n) is 12.9. The molecule has 0 aliphatic heterocycles. The smallest absolute Gasteiger partial charge is 0.187 e. The maximum Gasteiger partial charge on any atom is 0.187 e. The Kier molecular flexibility index (Phi) is 4.68. The summed E-state index contributed by atoms with van der Waals surface area (Å²) in [6.45, 7) is 0.262. The number of hydrogen-bond acceptors (Lipinski definition) is 3. The Morgan fingerprint density at radius 3 is 2.46 bits per heavy atom. The van der Waals surface area contributed by atoms with Crippen molar-refractivity contribution in [3.8, 4) is 0 Å². The molecule has 0 saturated heterocycles. The highest BCUT2D eigenvalue weighted by molar-refractivity contribution is 6.04. The number of benzene rings is 3. The second-order valence-electron chi connectivity index (χ2n) is 5.47. The van der Waals surface area contributed by atoms with Crippen LogP contribution in [0.5, 0.6) is 0 Å². The van der Waals surface area contributed by atoms with E-state index in [2.05, 4.69) is 0 Å². The lowest BCUT2D eigenvalue weighted by Gasteiger charge is -2.12. The molecule has 0 fully saturated rings. The van der Waals surface area contributed by atoms with Crippen LogP contribution in [0.1, 0.15) is 15.9 Å². The number of hydroxylamine groups is 2. The van der Waals surface area contributed by atoms with Crippen LogP contribution in [0.4, 0.5) is 4.39 Å². The summed E-state index contributed by atoms with van der Waals surface area (Å²) in [7, 11) is 0. The van der Waals surface area contributed by atoms with Gasteiger partial charge in [-0.2, -0.15) is 0 Å². The molecule has 0 aromatic heterocycles. The van der Waals surface area contributed by atoms with Crippen LogP contribution in [0, 0.1) is 5.82 Å². The maximum atomic E-state index is 12.8. The molecular formula is C20H16FNO2. The predicted molar refractivity (Wildman–Crippen MR) is 91.1 cm³/mol. The van der Waals surface area contributed by atoms with Gasteiger partial charge in [0.25, 0.3) is 0 Å². The molecule has 0 atom stereocenters. The molecule has 3 aromatic rings. The first kappa shape index (κ1) is 15.9. The average Bonchev–Trinajstić information content (AvgIpc) is 2.60. The van der Waals surface area contributed by atoms with Crippen LogP contribution in [0.15, 0.2) is 79.0 Å². The van der Waals surface area contributed by atoms with Crippen LogP contribution in [-0.4, -0.2) is 16.1 Å². The van der Waals surface area contributed by atoms with Crippen molar-refractivity contribution < 1.29 is 14.4 Å². The quantitative estimate of drug-likeness (QED) is 0.425. The van der Waals surface area contributed by atoms with Crippen LogP contribution >= 0.6 is 0 Å². The molecule has 1 N–H and O–H groups in total. The van der Waals surface area contributed by atoms with Gasteiger partial charge in [0, 0.05) is 17.8 Å². The van der Waals surface area contributed by atoms with E-state index < -0.39 is 5.82 Å². The van der Waals surface area contributed by atoms with Crippen LogP contribution in [-0.2, 0) is 6.54 Å². The largest absolute Gasteiger partial charge is 0.289 e. The van der Waals surface area contributed by atoms with Gasteiger partial charge in [-0.25, -0.2) is 4.39 Å². The number of halogens is 1. The summed E-state index contributed by atoms with van der Waals surface area (Å²) in [6.07, 6.45) is 2.56. The zero-order chi connectivity index (χ0) is 16.9. The minimum absolute atomic E-state index is 0.262. The van der Waals surface area contributed by atoms with E-state index in [-0.39, 0.29) is 12.3 Å². The Bertz CT molecular complexity index is 888. The lowest BCUT2D eigenvalue weighted by atomic mass is 10.1. The van der Waals surface area contributed by atoms with Gasteiger partial charge in [0.15, 0.2) is 5.78 Å². The minimum Gasteiger partial charge on any atom is -0.289 e. The SMILES string of the molecule is O=C(/C=C\N(O)Cc1ccc2ccccc2c1)c1ccc(F)cc1. The molecule has 3 aromatic carbocycles. The Hall–Kier alpha value is -2.98. The van der Waals surface area contributed by atoms with E-state index in [9.17, 15) is 14.4 Å². The number of rotatable bonds is 5. The van der Waals surface area contributed by atoms with Crippen molar-refractivity contribution in [2.24, 2.45) is 0 Å². The van der Waals surface area contributed by atoms with Gasteiger partial charge in [-0.1, -0.05) is 36.4 Å². The summed E-state index contributed by atoms with van der Waals surface area (Å²) < 4.78 is 12.8. The summed E-state index contributed by atoms with van der Waals surface area (Å²) in [5.74, 6) is -0.692. The molecule has 120 valence electrons. The Morgan fingerprint density at radius 1 is 1.00 bits per heavy atom. The molecule has 0 bridgehead atoms. The third-order valence-electron chi connectivity index (χ3n) is 3.69. The van der Waals surface area contributed by atoms with Gasteiger partial charge in [-0.05, 0) is 46.7 Å². The van der Waals surface area contributed by atoms with Crippen molar-refractivity contribution in [3.63, 3.8) is 0 Å². The van der Waals surface area contributed by atoms with Gasteiger partial charge in [-0.3, -0.25) is 15.1 Å². The normalized spacial score (nSPS) is 11.1. The van der Waals surface area contributed by atoms with Crippen LogP contribution in [0.2, 0.25) is 0 Å². The van der Waals surface area contributed by atoms with Crippen molar-refractivity contribution in [2.75, 3.05) is 0 Å². The van der Waals surface area contributed by atoms with E-state index in [1.165, 1.54) is 36.5 Å². The van der Waals surface area contributed by atoms with Gasteiger partial charge >= 0.3 is 0 Å². The molecule has 0 saturated carbocycles. The minimum atomic E-state index is -0.393. The Balaban J connectivity index is 1.66. The molecule has 24 heavy (non-hydrogen) atoms. The molecular weight excluding hydrogens is 305 g/mol. The van der Waals surface area contributed by atoms with Crippen molar-refractivity contribution in [3.05, 3.63) is 96.0 Å². The standard InChI is InChI=1S/C20H16FNO2/c21-19-9-7-17(8-10-19)20(23)11-12-22(24)14-15-5-6-16-3-1-2-4-18(16)13-15/h1-13,24H,14H2/b12-11-. The van der Waals surface area contributed by atoms with Gasteiger partial charge in [0.2, 0.25) is 0 Å². The Labute approximate surface area is 139 Å². The first-order valence-electron chi connectivity index (χ1n) is 7.53. The van der Waals surface area contributed by atoms with Gasteiger partial charge in [0.1, 0.15) is 5.82 Å². The van der Waals surface area contributed by atoms with Gasteiger partial charge < -0.3 is 0 Å². The van der Waals surface area contributed by atoms with E-state index in [0.717, 1.165) is 21.4 Å². The molecule has 0 aliphatic carbocycles. The van der Waals surface area contributed by atoms with Gasteiger partial charge in [-0.15, -0.1) is 0 Å². The topological polar surface area (TPSA) is 40.5 Å². The number of allylic oxidation sites excluding steroid dienone is 1. The molecule has 0 spiro atoms. The van der Waals surface area contributed by atoms with Crippen LogP contribution in [0.3, 0.4) is 0 Å². The highest BCUT2D eigenvalue weighted by Gasteiger charge is 2.04. The number of fused-ring (bicyclic) bond motifs is 1. The maximum absolute atomic E-state index is 12.8. The molecule has 3 rings (SSSR count). The number of ketones is 1. The summed E-state index contributed by atoms with van der Waals surface area (Å²) in [4.78, 5) is 11.9. The fraction of sp³-hybridized carbons (Fsp3) is 0.0500.